The molecule has 176 valence electrons. The lowest BCUT2D eigenvalue weighted by atomic mass is 9.98. The Bertz CT molecular complexity index is 960. The highest BCUT2D eigenvalue weighted by molar-refractivity contribution is 5.84. The first kappa shape index (κ1) is 24.3. The number of aliphatic carboxylic acids is 1. The molecular formula is C26H32N2O5. The molecule has 1 aliphatic carbocycles. The molecule has 0 bridgehead atoms. The minimum atomic E-state index is -1.05. The Morgan fingerprint density at radius 3 is 2.12 bits per heavy atom. The van der Waals surface area contributed by atoms with Crippen LogP contribution in [0.5, 0.6) is 0 Å². The van der Waals surface area contributed by atoms with Gasteiger partial charge in [0.05, 0.1) is 0 Å². The molecule has 0 radical (unpaired) electrons. The molecule has 2 amide bonds. The normalized spacial score (nSPS) is 14.0. The minimum absolute atomic E-state index is 0.0312. The molecule has 3 rings (SSSR count). The van der Waals surface area contributed by atoms with E-state index in [0.717, 1.165) is 28.7 Å². The summed E-state index contributed by atoms with van der Waals surface area (Å²) in [4.78, 5) is 37.9. The van der Waals surface area contributed by atoms with Crippen LogP contribution in [0.4, 0.5) is 4.79 Å². The Morgan fingerprint density at radius 1 is 1.03 bits per heavy atom. The molecule has 7 heteroatoms. The maximum atomic E-state index is 12.7. The van der Waals surface area contributed by atoms with Crippen molar-refractivity contribution in [3.05, 3.63) is 59.7 Å². The number of amides is 2. The molecule has 0 heterocycles. The molecule has 2 N–H and O–H groups in total. The average molecular weight is 453 g/mol. The summed E-state index contributed by atoms with van der Waals surface area (Å²) >= 11 is 0. The molecule has 7 nitrogen and oxygen atoms in total. The largest absolute Gasteiger partial charge is 0.480 e. The topological polar surface area (TPSA) is 95.9 Å². The monoisotopic (exact) mass is 452 g/mol. The standard InChI is InChI=1S/C26H32N2O5/c1-4-10-18(15-24(29)28(5-2)17(3)25(30)31)27-26(32)33-16-23-21-13-8-6-11-19(21)20-12-7-9-14-22(20)23/h6-9,11-14,17-18,23H,4-5,10,15-16H2,1-3H3,(H,27,32)(H,30,31)/t17?,18-/m1/s1. The van der Waals surface area contributed by atoms with E-state index >= 15 is 0 Å². The van der Waals surface area contributed by atoms with E-state index in [9.17, 15) is 19.5 Å². The summed E-state index contributed by atoms with van der Waals surface area (Å²) < 4.78 is 5.60. The SMILES string of the molecule is CCC[C@H](CC(=O)N(CC)C(C)C(=O)O)NC(=O)OCC1c2ccccc2-c2ccccc21. The molecule has 0 saturated carbocycles. The third-order valence-electron chi connectivity index (χ3n) is 6.21. The highest BCUT2D eigenvalue weighted by Gasteiger charge is 2.30. The number of carboxylic acid groups (broad SMARTS) is 1. The number of hydrogen-bond acceptors (Lipinski definition) is 4. The Hall–Kier alpha value is -3.35. The van der Waals surface area contributed by atoms with Crippen molar-refractivity contribution >= 4 is 18.0 Å². The second-order valence-electron chi connectivity index (χ2n) is 8.35. The first-order valence-electron chi connectivity index (χ1n) is 11.5. The van der Waals surface area contributed by atoms with E-state index in [2.05, 4.69) is 29.6 Å². The summed E-state index contributed by atoms with van der Waals surface area (Å²) in [6.07, 6.45) is 0.818. The van der Waals surface area contributed by atoms with Gasteiger partial charge in [-0.15, -0.1) is 0 Å². The summed E-state index contributed by atoms with van der Waals surface area (Å²) in [6, 6.07) is 14.9. The number of benzene rings is 2. The van der Waals surface area contributed by atoms with Crippen LogP contribution in [0, 0.1) is 0 Å². The Balaban J connectivity index is 1.63. The fraction of sp³-hybridized carbons (Fsp3) is 0.423. The zero-order valence-corrected chi connectivity index (χ0v) is 19.4. The number of likely N-dealkylation sites (N-methyl/N-ethyl adjacent to an activating group) is 1. The predicted octanol–water partition coefficient (Wildman–Crippen LogP) is 4.41. The quantitative estimate of drug-likeness (QED) is 0.557. The second-order valence-corrected chi connectivity index (χ2v) is 8.35. The van der Waals surface area contributed by atoms with Crippen molar-refractivity contribution in [3.63, 3.8) is 0 Å². The Morgan fingerprint density at radius 2 is 1.61 bits per heavy atom. The van der Waals surface area contributed by atoms with Crippen molar-refractivity contribution in [2.24, 2.45) is 0 Å². The van der Waals surface area contributed by atoms with Gasteiger partial charge < -0.3 is 20.1 Å². The van der Waals surface area contributed by atoms with E-state index in [0.29, 0.717) is 6.42 Å². The smallest absolute Gasteiger partial charge is 0.407 e. The third-order valence-corrected chi connectivity index (χ3v) is 6.21. The van der Waals surface area contributed by atoms with E-state index in [-0.39, 0.29) is 31.4 Å². The number of ether oxygens (including phenoxy) is 1. The van der Waals surface area contributed by atoms with Crippen molar-refractivity contribution in [1.29, 1.82) is 0 Å². The average Bonchev–Trinajstić information content (AvgIpc) is 3.12. The maximum Gasteiger partial charge on any atom is 0.407 e. The molecule has 1 unspecified atom stereocenters. The molecule has 2 atom stereocenters. The minimum Gasteiger partial charge on any atom is -0.480 e. The maximum absolute atomic E-state index is 12.7. The number of carbonyl (C=O) groups excluding carboxylic acids is 2. The van der Waals surface area contributed by atoms with Gasteiger partial charge in [0.15, 0.2) is 0 Å². The molecule has 1 aliphatic rings. The number of rotatable bonds is 10. The number of fused-ring (bicyclic) bond motifs is 3. The van der Waals surface area contributed by atoms with E-state index < -0.39 is 24.1 Å². The summed E-state index contributed by atoms with van der Waals surface area (Å²) in [6.45, 7) is 5.68. The van der Waals surface area contributed by atoms with Crippen LogP contribution in [0.1, 0.15) is 57.1 Å². The highest BCUT2D eigenvalue weighted by Crippen LogP contribution is 2.44. The van der Waals surface area contributed by atoms with Crippen LogP contribution in [0.2, 0.25) is 0 Å². The fourth-order valence-corrected chi connectivity index (χ4v) is 4.51. The Labute approximate surface area is 194 Å². The fourth-order valence-electron chi connectivity index (χ4n) is 4.51. The molecule has 0 spiro atoms. The van der Waals surface area contributed by atoms with Gasteiger partial charge in [-0.2, -0.15) is 0 Å². The van der Waals surface area contributed by atoms with Crippen molar-refractivity contribution in [1.82, 2.24) is 10.2 Å². The molecule has 2 aromatic carbocycles. The third kappa shape index (κ3) is 5.53. The second kappa shape index (κ2) is 11.0. The van der Waals surface area contributed by atoms with Crippen LogP contribution in [-0.2, 0) is 14.3 Å². The molecule has 0 saturated heterocycles. The lowest BCUT2D eigenvalue weighted by molar-refractivity contribution is -0.149. The van der Waals surface area contributed by atoms with Crippen LogP contribution in [0.15, 0.2) is 48.5 Å². The van der Waals surface area contributed by atoms with Gasteiger partial charge in [-0.25, -0.2) is 9.59 Å². The number of alkyl carbamates (subject to hydrolysis) is 1. The molecule has 2 aromatic rings. The van der Waals surface area contributed by atoms with Crippen LogP contribution in [0.3, 0.4) is 0 Å². The summed E-state index contributed by atoms with van der Waals surface area (Å²) in [7, 11) is 0. The molecule has 0 aromatic heterocycles. The van der Waals surface area contributed by atoms with Gasteiger partial charge in [-0.3, -0.25) is 4.79 Å². The molecule has 0 aliphatic heterocycles. The predicted molar refractivity (Wildman–Crippen MR) is 126 cm³/mol. The van der Waals surface area contributed by atoms with Gasteiger partial charge in [-0.1, -0.05) is 61.9 Å². The van der Waals surface area contributed by atoms with Gasteiger partial charge in [0, 0.05) is 24.9 Å². The molecular weight excluding hydrogens is 420 g/mol. The number of nitrogens with one attached hydrogen (secondary N) is 1. The van der Waals surface area contributed by atoms with Crippen LogP contribution < -0.4 is 5.32 Å². The zero-order valence-electron chi connectivity index (χ0n) is 19.4. The molecule has 0 fully saturated rings. The number of nitrogens with zero attached hydrogens (tertiary/aromatic N) is 1. The number of hydrogen-bond donors (Lipinski definition) is 2. The lowest BCUT2D eigenvalue weighted by Gasteiger charge is -2.27. The highest BCUT2D eigenvalue weighted by atomic mass is 16.5. The van der Waals surface area contributed by atoms with Gasteiger partial charge in [0.2, 0.25) is 5.91 Å². The first-order valence-corrected chi connectivity index (χ1v) is 11.5. The van der Waals surface area contributed by atoms with Gasteiger partial charge in [-0.05, 0) is 42.5 Å². The van der Waals surface area contributed by atoms with E-state index in [1.807, 2.05) is 31.2 Å². The van der Waals surface area contributed by atoms with Gasteiger partial charge in [0.1, 0.15) is 12.6 Å². The summed E-state index contributed by atoms with van der Waals surface area (Å²) in [5.41, 5.74) is 4.58. The summed E-state index contributed by atoms with van der Waals surface area (Å²) in [5, 5.41) is 12.1. The number of carbonyl (C=O) groups is 3. The van der Waals surface area contributed by atoms with Crippen LogP contribution in [-0.4, -0.2) is 53.2 Å². The van der Waals surface area contributed by atoms with Crippen LogP contribution >= 0.6 is 0 Å². The first-order chi connectivity index (χ1) is 15.9. The van der Waals surface area contributed by atoms with E-state index in [4.69, 9.17) is 4.74 Å². The zero-order chi connectivity index (χ0) is 24.0. The van der Waals surface area contributed by atoms with Crippen molar-refractivity contribution in [3.8, 4) is 11.1 Å². The van der Waals surface area contributed by atoms with Gasteiger partial charge in [0.25, 0.3) is 0 Å². The van der Waals surface area contributed by atoms with E-state index in [1.54, 1.807) is 6.92 Å². The van der Waals surface area contributed by atoms with Crippen LogP contribution in [0.25, 0.3) is 11.1 Å². The van der Waals surface area contributed by atoms with Crippen molar-refractivity contribution in [2.45, 2.75) is 58.0 Å². The summed E-state index contributed by atoms with van der Waals surface area (Å²) in [5.74, 6) is -1.40. The van der Waals surface area contributed by atoms with Gasteiger partial charge >= 0.3 is 12.1 Å². The van der Waals surface area contributed by atoms with Crippen molar-refractivity contribution in [2.75, 3.05) is 13.2 Å². The molecule has 33 heavy (non-hydrogen) atoms. The van der Waals surface area contributed by atoms with E-state index in [1.165, 1.54) is 11.8 Å². The lowest BCUT2D eigenvalue weighted by Crippen LogP contribution is -2.46. The van der Waals surface area contributed by atoms with Crippen molar-refractivity contribution < 1.29 is 24.2 Å². The Kier molecular flexibility index (Phi) is 8.09. The number of carboxylic acids is 1.